The van der Waals surface area contributed by atoms with Gasteiger partial charge in [-0.05, 0) is 80.3 Å². The molecule has 0 saturated carbocycles. The van der Waals surface area contributed by atoms with Crippen LogP contribution in [0.5, 0.6) is 5.75 Å². The number of carboxylic acid groups (broad SMARTS) is 1. The highest BCUT2D eigenvalue weighted by Crippen LogP contribution is 2.46. The van der Waals surface area contributed by atoms with Crippen molar-refractivity contribution in [1.82, 2.24) is 0 Å². The fourth-order valence-electron chi connectivity index (χ4n) is 5.25. The smallest absolute Gasteiger partial charge is 0.391 e. The lowest BCUT2D eigenvalue weighted by Gasteiger charge is -2.46. The van der Waals surface area contributed by atoms with Gasteiger partial charge in [0.15, 0.2) is 0 Å². The van der Waals surface area contributed by atoms with Crippen molar-refractivity contribution >= 4 is 21.7 Å². The van der Waals surface area contributed by atoms with Crippen LogP contribution in [0.4, 0.5) is 18.9 Å². The summed E-state index contributed by atoms with van der Waals surface area (Å²) in [5.74, 6) is -1.21. The van der Waals surface area contributed by atoms with Crippen LogP contribution in [0, 0.1) is 5.92 Å². The Morgan fingerprint density at radius 1 is 1.18 bits per heavy atom. The van der Waals surface area contributed by atoms with Crippen molar-refractivity contribution in [2.24, 2.45) is 5.92 Å². The van der Waals surface area contributed by atoms with Crippen LogP contribution in [-0.2, 0) is 27.6 Å². The third-order valence-electron chi connectivity index (χ3n) is 7.31. The molecule has 0 bridgehead atoms. The Morgan fingerprint density at radius 3 is 2.53 bits per heavy atom. The number of fused-ring (bicyclic) bond motifs is 1. The fourth-order valence-corrected chi connectivity index (χ4v) is 7.14. The molecule has 0 radical (unpaired) electrons. The van der Waals surface area contributed by atoms with E-state index in [1.54, 1.807) is 12.1 Å². The standard InChI is InChI=1S/C27H32F3NO6S/c1-3-18-4-6-23-20(14-18)8-11-26(2,17-27(28,29)30)31(23)38(34,35)21-5-7-24(22(15-21)25(32)33)37-16-19-9-12-36-13-10-19/h4-7,14-15,19H,3,8-13,16-17H2,1-2H3,(H,32,33)/t26-/m0/s1. The third kappa shape index (κ3) is 5.93. The van der Waals surface area contributed by atoms with Gasteiger partial charge < -0.3 is 14.6 Å². The van der Waals surface area contributed by atoms with E-state index in [-0.39, 0.29) is 35.9 Å². The van der Waals surface area contributed by atoms with Gasteiger partial charge in [0.05, 0.1) is 29.1 Å². The lowest BCUT2D eigenvalue weighted by molar-refractivity contribution is -0.146. The Morgan fingerprint density at radius 2 is 1.89 bits per heavy atom. The lowest BCUT2D eigenvalue weighted by Crippen LogP contribution is -2.54. The monoisotopic (exact) mass is 555 g/mol. The van der Waals surface area contributed by atoms with Gasteiger partial charge >= 0.3 is 12.1 Å². The topological polar surface area (TPSA) is 93.1 Å². The number of halogens is 3. The minimum absolute atomic E-state index is 0.00706. The zero-order chi connectivity index (χ0) is 27.7. The molecule has 4 rings (SSSR count). The van der Waals surface area contributed by atoms with Crippen LogP contribution in [0.2, 0.25) is 0 Å². The molecule has 2 aromatic rings. The van der Waals surface area contributed by atoms with Gasteiger partial charge in [-0.1, -0.05) is 19.1 Å². The summed E-state index contributed by atoms with van der Waals surface area (Å²) in [5.41, 5.74) is -0.396. The largest absolute Gasteiger partial charge is 0.492 e. The summed E-state index contributed by atoms with van der Waals surface area (Å²) >= 11 is 0. The van der Waals surface area contributed by atoms with E-state index in [1.165, 1.54) is 19.1 Å². The zero-order valence-corrected chi connectivity index (χ0v) is 22.2. The number of aryl methyl sites for hydroxylation is 2. The number of ether oxygens (including phenoxy) is 2. The van der Waals surface area contributed by atoms with Crippen LogP contribution in [0.1, 0.15) is 61.0 Å². The average Bonchev–Trinajstić information content (AvgIpc) is 2.86. The molecule has 1 N–H and O–H groups in total. The van der Waals surface area contributed by atoms with Gasteiger partial charge in [-0.2, -0.15) is 13.2 Å². The van der Waals surface area contributed by atoms with Gasteiger partial charge in [0.2, 0.25) is 0 Å². The van der Waals surface area contributed by atoms with E-state index >= 15 is 0 Å². The third-order valence-corrected chi connectivity index (χ3v) is 9.28. The predicted octanol–water partition coefficient (Wildman–Crippen LogP) is 5.61. The van der Waals surface area contributed by atoms with Gasteiger partial charge in [0, 0.05) is 13.2 Å². The van der Waals surface area contributed by atoms with Crippen molar-refractivity contribution in [3.05, 3.63) is 53.1 Å². The second kappa shape index (κ2) is 10.8. The minimum Gasteiger partial charge on any atom is -0.492 e. The number of carboxylic acids is 1. The highest BCUT2D eigenvalue weighted by atomic mass is 32.2. The second-order valence-electron chi connectivity index (χ2n) is 10.2. The van der Waals surface area contributed by atoms with Gasteiger partial charge in [0.25, 0.3) is 10.0 Å². The molecule has 2 heterocycles. The number of rotatable bonds is 8. The van der Waals surface area contributed by atoms with Crippen LogP contribution >= 0.6 is 0 Å². The number of benzene rings is 2. The Hall–Kier alpha value is -2.79. The van der Waals surface area contributed by atoms with E-state index in [0.717, 1.165) is 28.8 Å². The van der Waals surface area contributed by atoms with E-state index in [2.05, 4.69) is 0 Å². The molecule has 2 aromatic carbocycles. The number of sulfonamides is 1. The first-order valence-electron chi connectivity index (χ1n) is 12.7. The van der Waals surface area contributed by atoms with Crippen molar-refractivity contribution in [3.63, 3.8) is 0 Å². The van der Waals surface area contributed by atoms with E-state index in [4.69, 9.17) is 9.47 Å². The summed E-state index contributed by atoms with van der Waals surface area (Å²) in [7, 11) is -4.59. The number of hydrogen-bond donors (Lipinski definition) is 1. The molecule has 1 atom stereocenters. The molecule has 7 nitrogen and oxygen atoms in total. The van der Waals surface area contributed by atoms with Crippen molar-refractivity contribution in [3.8, 4) is 5.75 Å². The molecule has 1 fully saturated rings. The van der Waals surface area contributed by atoms with Gasteiger partial charge in [-0.15, -0.1) is 0 Å². The molecule has 11 heteroatoms. The van der Waals surface area contributed by atoms with Crippen LogP contribution in [0.3, 0.4) is 0 Å². The number of nitrogens with zero attached hydrogens (tertiary/aromatic N) is 1. The summed E-state index contributed by atoms with van der Waals surface area (Å²) in [4.78, 5) is 11.6. The van der Waals surface area contributed by atoms with Gasteiger partial charge in [-0.3, -0.25) is 4.31 Å². The maximum absolute atomic E-state index is 14.0. The van der Waals surface area contributed by atoms with Crippen molar-refractivity contribution in [2.75, 3.05) is 24.1 Å². The maximum atomic E-state index is 14.0. The minimum atomic E-state index is -4.61. The van der Waals surface area contributed by atoms with E-state index in [0.29, 0.717) is 31.6 Å². The Balaban J connectivity index is 1.75. The summed E-state index contributed by atoms with van der Waals surface area (Å²) in [6, 6.07) is 8.51. The van der Waals surface area contributed by atoms with E-state index < -0.39 is 39.0 Å². The molecule has 2 aliphatic heterocycles. The maximum Gasteiger partial charge on any atom is 0.391 e. The molecule has 2 aliphatic rings. The van der Waals surface area contributed by atoms with Crippen LogP contribution < -0.4 is 9.04 Å². The molecule has 1 saturated heterocycles. The van der Waals surface area contributed by atoms with Gasteiger partial charge in [0.1, 0.15) is 11.3 Å². The average molecular weight is 556 g/mol. The lowest BCUT2D eigenvalue weighted by atomic mass is 9.84. The molecular formula is C27H32F3NO6S. The van der Waals surface area contributed by atoms with Crippen LogP contribution in [0.15, 0.2) is 41.3 Å². The van der Waals surface area contributed by atoms with Crippen molar-refractivity contribution in [1.29, 1.82) is 0 Å². The molecular weight excluding hydrogens is 523 g/mol. The van der Waals surface area contributed by atoms with Gasteiger partial charge in [-0.25, -0.2) is 13.2 Å². The normalized spacial score (nSPS) is 20.7. The Bertz CT molecular complexity index is 1290. The molecule has 0 aliphatic carbocycles. The predicted molar refractivity (Wildman–Crippen MR) is 135 cm³/mol. The highest BCUT2D eigenvalue weighted by molar-refractivity contribution is 7.93. The first-order chi connectivity index (χ1) is 17.8. The molecule has 0 amide bonds. The molecule has 0 aromatic heterocycles. The number of anilines is 1. The van der Waals surface area contributed by atoms with Crippen molar-refractivity contribution < 1.29 is 41.0 Å². The van der Waals surface area contributed by atoms with Crippen molar-refractivity contribution in [2.45, 2.75) is 69.0 Å². The first kappa shape index (κ1) is 28.2. The first-order valence-corrected chi connectivity index (χ1v) is 14.1. The molecule has 38 heavy (non-hydrogen) atoms. The highest BCUT2D eigenvalue weighted by Gasteiger charge is 2.50. The summed E-state index contributed by atoms with van der Waals surface area (Å²) < 4.78 is 81.0. The van der Waals surface area contributed by atoms with Crippen LogP contribution in [0.25, 0.3) is 0 Å². The molecule has 0 spiro atoms. The summed E-state index contributed by atoms with van der Waals surface area (Å²) in [6.45, 7) is 4.65. The quantitative estimate of drug-likeness (QED) is 0.456. The summed E-state index contributed by atoms with van der Waals surface area (Å²) in [5, 5.41) is 9.82. The summed E-state index contributed by atoms with van der Waals surface area (Å²) in [6.07, 6.45) is -3.48. The fraction of sp³-hybridized carbons (Fsp3) is 0.519. The Kier molecular flexibility index (Phi) is 7.99. The SMILES string of the molecule is CCc1ccc2c(c1)CC[C@@](C)(CC(F)(F)F)N2S(=O)(=O)c1ccc(OCC2CCOCC2)c(C(=O)O)c1. The number of hydrogen-bond acceptors (Lipinski definition) is 5. The second-order valence-corrected chi connectivity index (χ2v) is 12.0. The van der Waals surface area contributed by atoms with E-state index in [9.17, 15) is 31.5 Å². The zero-order valence-electron chi connectivity index (χ0n) is 21.4. The number of aromatic carboxylic acids is 1. The van der Waals surface area contributed by atoms with E-state index in [1.807, 2.05) is 13.0 Å². The Labute approximate surface area is 220 Å². The van der Waals surface area contributed by atoms with Crippen LogP contribution in [-0.4, -0.2) is 51.0 Å². The number of alkyl halides is 3. The molecule has 208 valence electrons. The number of carbonyl (C=O) groups is 1. The molecule has 0 unspecified atom stereocenters.